The maximum atomic E-state index is 7.39. The van der Waals surface area contributed by atoms with Gasteiger partial charge >= 0.3 is 8.60 Å². The van der Waals surface area contributed by atoms with Gasteiger partial charge in [0.15, 0.2) is 17.0 Å². The van der Waals surface area contributed by atoms with Crippen molar-refractivity contribution in [2.24, 2.45) is 0 Å². The Morgan fingerprint density at radius 2 is 0.891 bits per heavy atom. The molecular formula is C39H36ClO5P. The molecule has 7 rings (SSSR count). The zero-order valence-corrected chi connectivity index (χ0v) is 27.4. The maximum absolute atomic E-state index is 7.39. The summed E-state index contributed by atoms with van der Waals surface area (Å²) in [5.74, 6) is -0.759. The van der Waals surface area contributed by atoms with Crippen molar-refractivity contribution in [3.8, 4) is 0 Å². The molecule has 3 atom stereocenters. The first kappa shape index (κ1) is 31.2. The van der Waals surface area contributed by atoms with E-state index in [1.165, 1.54) is 0 Å². The molecule has 234 valence electrons. The fourth-order valence-corrected chi connectivity index (χ4v) is 8.61. The number of benzene rings is 5. The van der Waals surface area contributed by atoms with E-state index in [9.17, 15) is 0 Å². The summed E-state index contributed by atoms with van der Waals surface area (Å²) in [4.78, 5) is 0. The average molecular weight is 651 g/mol. The number of fused-ring (bicyclic) bond motifs is 1. The summed E-state index contributed by atoms with van der Waals surface area (Å²) in [5, 5.41) is 0. The van der Waals surface area contributed by atoms with Crippen LogP contribution in [0.4, 0.5) is 0 Å². The lowest BCUT2D eigenvalue weighted by Gasteiger charge is -2.41. The number of hydrogen-bond donors (Lipinski definition) is 0. The van der Waals surface area contributed by atoms with Crippen molar-refractivity contribution < 1.29 is 23.0 Å². The Hall–Kier alpha value is -3.38. The van der Waals surface area contributed by atoms with E-state index in [-0.39, 0.29) is 5.88 Å². The van der Waals surface area contributed by atoms with Crippen LogP contribution in [0.2, 0.25) is 0 Å². The molecule has 0 unspecified atom stereocenters. The second-order valence-corrected chi connectivity index (χ2v) is 13.3. The second-order valence-electron chi connectivity index (χ2n) is 12.0. The normalized spacial score (nSPS) is 22.4. The van der Waals surface area contributed by atoms with Crippen LogP contribution in [0.15, 0.2) is 152 Å². The monoisotopic (exact) mass is 650 g/mol. The van der Waals surface area contributed by atoms with Gasteiger partial charge in [0.1, 0.15) is 18.3 Å². The van der Waals surface area contributed by atoms with Gasteiger partial charge in [0.2, 0.25) is 0 Å². The van der Waals surface area contributed by atoms with E-state index in [0.717, 1.165) is 27.8 Å². The summed E-state index contributed by atoms with van der Waals surface area (Å²) in [5.41, 5.74) is 2.15. The fourth-order valence-electron chi connectivity index (χ4n) is 6.65. The van der Waals surface area contributed by atoms with Crippen molar-refractivity contribution in [1.82, 2.24) is 0 Å². The van der Waals surface area contributed by atoms with Gasteiger partial charge in [-0.15, -0.1) is 11.6 Å². The third kappa shape index (κ3) is 5.61. The van der Waals surface area contributed by atoms with Crippen LogP contribution < -0.4 is 0 Å². The molecule has 2 heterocycles. The summed E-state index contributed by atoms with van der Waals surface area (Å²) >= 11 is 6.63. The van der Waals surface area contributed by atoms with Crippen LogP contribution in [-0.2, 0) is 34.2 Å². The molecule has 0 N–H and O–H groups in total. The molecule has 0 radical (unpaired) electrons. The van der Waals surface area contributed by atoms with Crippen LogP contribution in [-0.4, -0.2) is 23.9 Å². The summed E-state index contributed by atoms with van der Waals surface area (Å²) in [7, 11) is -2.14. The van der Waals surface area contributed by atoms with Crippen LogP contribution in [0, 0.1) is 0 Å². The van der Waals surface area contributed by atoms with Gasteiger partial charge in [0.05, 0.1) is 5.88 Å². The fraction of sp³-hybridized carbons (Fsp3) is 0.231. The summed E-state index contributed by atoms with van der Waals surface area (Å²) in [6.45, 7) is 3.89. The van der Waals surface area contributed by atoms with Crippen molar-refractivity contribution in [2.45, 2.75) is 49.1 Å². The van der Waals surface area contributed by atoms with Crippen molar-refractivity contribution in [1.29, 1.82) is 0 Å². The van der Waals surface area contributed by atoms with Crippen molar-refractivity contribution in [3.63, 3.8) is 0 Å². The maximum Gasteiger partial charge on any atom is 0.336 e. The minimum absolute atomic E-state index is 0.204. The zero-order chi connectivity index (χ0) is 31.6. The van der Waals surface area contributed by atoms with Crippen molar-refractivity contribution in [3.05, 3.63) is 179 Å². The minimum atomic E-state index is -2.14. The van der Waals surface area contributed by atoms with Gasteiger partial charge in [-0.05, 0) is 41.7 Å². The molecule has 5 aromatic rings. The SMILES string of the molecule is CC1(C)O[C@@H]2[C@@H](O1)C(c1ccccc1)(c1ccccc1)OP(O[C@@H](CCl)c1ccccc1)OC2(c1ccccc1)c1ccccc1. The molecule has 5 nitrogen and oxygen atoms in total. The minimum Gasteiger partial charge on any atom is -0.341 e. The van der Waals surface area contributed by atoms with Gasteiger partial charge in [-0.25, -0.2) is 0 Å². The average Bonchev–Trinajstić information content (AvgIpc) is 3.40. The molecule has 0 spiro atoms. The van der Waals surface area contributed by atoms with E-state index >= 15 is 0 Å². The second kappa shape index (κ2) is 13.0. The third-order valence-corrected chi connectivity index (χ3v) is 10.3. The van der Waals surface area contributed by atoms with Gasteiger partial charge in [0, 0.05) is 0 Å². The lowest BCUT2D eigenvalue weighted by Crippen LogP contribution is -2.53. The summed E-state index contributed by atoms with van der Waals surface area (Å²) < 4.78 is 35.7. The molecule has 5 aromatic carbocycles. The van der Waals surface area contributed by atoms with Crippen LogP contribution in [0.5, 0.6) is 0 Å². The van der Waals surface area contributed by atoms with Gasteiger partial charge in [-0.1, -0.05) is 152 Å². The summed E-state index contributed by atoms with van der Waals surface area (Å²) in [6, 6.07) is 50.6. The largest absolute Gasteiger partial charge is 0.341 e. The van der Waals surface area contributed by atoms with Crippen molar-refractivity contribution in [2.75, 3.05) is 5.88 Å². The van der Waals surface area contributed by atoms with E-state index in [2.05, 4.69) is 48.5 Å². The molecule has 7 heteroatoms. The van der Waals surface area contributed by atoms with Gasteiger partial charge in [0.25, 0.3) is 0 Å². The van der Waals surface area contributed by atoms with Crippen molar-refractivity contribution >= 4 is 20.2 Å². The van der Waals surface area contributed by atoms with E-state index in [1.54, 1.807) is 0 Å². The first-order valence-corrected chi connectivity index (χ1v) is 17.1. The molecule has 0 saturated carbocycles. The molecule has 2 aliphatic heterocycles. The molecule has 0 aliphatic carbocycles. The number of rotatable bonds is 8. The molecule has 0 bridgehead atoms. The van der Waals surface area contributed by atoms with Crippen LogP contribution in [0.25, 0.3) is 0 Å². The molecule has 2 fully saturated rings. The highest BCUT2D eigenvalue weighted by molar-refractivity contribution is 7.41. The highest BCUT2D eigenvalue weighted by atomic mass is 35.5. The van der Waals surface area contributed by atoms with E-state index in [4.69, 9.17) is 34.6 Å². The Balaban J connectivity index is 1.53. The topological polar surface area (TPSA) is 46.2 Å². The highest BCUT2D eigenvalue weighted by Crippen LogP contribution is 2.66. The molecule has 2 saturated heterocycles. The molecule has 0 amide bonds. The predicted molar refractivity (Wildman–Crippen MR) is 181 cm³/mol. The number of halogens is 1. The van der Waals surface area contributed by atoms with Crippen LogP contribution >= 0.6 is 20.2 Å². The molecule has 46 heavy (non-hydrogen) atoms. The number of ether oxygens (including phenoxy) is 2. The van der Waals surface area contributed by atoms with E-state index in [0.29, 0.717) is 0 Å². The zero-order valence-electron chi connectivity index (χ0n) is 25.7. The lowest BCUT2D eigenvalue weighted by molar-refractivity contribution is -0.176. The lowest BCUT2D eigenvalue weighted by atomic mass is 9.72. The Bertz CT molecular complexity index is 1520. The molecule has 0 aromatic heterocycles. The van der Waals surface area contributed by atoms with Crippen LogP contribution in [0.1, 0.15) is 47.8 Å². The Morgan fingerprint density at radius 1 is 0.565 bits per heavy atom. The van der Waals surface area contributed by atoms with E-state index < -0.39 is 43.9 Å². The molecule has 2 aliphatic rings. The third-order valence-electron chi connectivity index (χ3n) is 8.67. The highest BCUT2D eigenvalue weighted by Gasteiger charge is 2.67. The van der Waals surface area contributed by atoms with Gasteiger partial charge in [-0.3, -0.25) is 9.05 Å². The Morgan fingerprint density at radius 3 is 1.22 bits per heavy atom. The first-order chi connectivity index (χ1) is 22.5. The quantitative estimate of drug-likeness (QED) is 0.124. The Kier molecular flexibility index (Phi) is 8.84. The molecular weight excluding hydrogens is 615 g/mol. The number of alkyl halides is 1. The van der Waals surface area contributed by atoms with E-state index in [1.807, 2.05) is 117 Å². The van der Waals surface area contributed by atoms with Gasteiger partial charge < -0.3 is 14.0 Å². The Labute approximate surface area is 277 Å². The predicted octanol–water partition coefficient (Wildman–Crippen LogP) is 9.66. The smallest absolute Gasteiger partial charge is 0.336 e. The van der Waals surface area contributed by atoms with Crippen LogP contribution in [0.3, 0.4) is 0 Å². The van der Waals surface area contributed by atoms with Gasteiger partial charge in [-0.2, -0.15) is 0 Å². The number of hydrogen-bond acceptors (Lipinski definition) is 5. The standard InChI is InChI=1S/C39H36ClO5P/c1-37(2)41-35-36(42-37)39(32-24-14-6-15-25-32,33-26-16-7-17-27-33)45-46(43-34(28-40)29-18-8-3-9-19-29)44-38(35,30-20-10-4-11-21-30)31-22-12-5-13-23-31/h3-27,34-36H,28H2,1-2H3/t34-,35+,36+/m0/s1. The summed E-state index contributed by atoms with van der Waals surface area (Å²) in [6.07, 6.45) is -1.84. The first-order valence-electron chi connectivity index (χ1n) is 15.5.